The van der Waals surface area contributed by atoms with Gasteiger partial charge in [0.05, 0.1) is 0 Å². The van der Waals surface area contributed by atoms with Crippen LogP contribution in [0.3, 0.4) is 0 Å². The van der Waals surface area contributed by atoms with Crippen molar-refractivity contribution in [1.29, 1.82) is 0 Å². The Morgan fingerprint density at radius 3 is 2.48 bits per heavy atom. The molecule has 0 bridgehead atoms. The van der Waals surface area contributed by atoms with Gasteiger partial charge >= 0.3 is 5.97 Å². The summed E-state index contributed by atoms with van der Waals surface area (Å²) in [6.07, 6.45) is 1.51. The number of aryl methyl sites for hydroxylation is 1. The Labute approximate surface area is 122 Å². The van der Waals surface area contributed by atoms with E-state index in [0.717, 1.165) is 5.56 Å². The van der Waals surface area contributed by atoms with E-state index in [1.165, 1.54) is 22.7 Å². The minimum absolute atomic E-state index is 0.234. The van der Waals surface area contributed by atoms with E-state index in [0.29, 0.717) is 5.69 Å². The first-order valence-corrected chi connectivity index (χ1v) is 6.56. The van der Waals surface area contributed by atoms with Crippen LogP contribution < -0.4 is 0 Å². The minimum atomic E-state index is -1.04. The lowest BCUT2D eigenvalue weighted by molar-refractivity contribution is -0.141. The van der Waals surface area contributed by atoms with Crippen LogP contribution in [0.2, 0.25) is 0 Å². The molecule has 0 saturated heterocycles. The summed E-state index contributed by atoms with van der Waals surface area (Å²) in [7, 11) is 1.65. The van der Waals surface area contributed by atoms with Crippen LogP contribution in [0.4, 0.5) is 0 Å². The average molecular weight is 287 g/mol. The second-order valence-electron chi connectivity index (χ2n) is 4.77. The van der Waals surface area contributed by atoms with Gasteiger partial charge in [-0.05, 0) is 18.6 Å². The summed E-state index contributed by atoms with van der Waals surface area (Å²) in [5, 5.41) is 13.2. The fourth-order valence-corrected chi connectivity index (χ4v) is 2.03. The molecule has 1 aromatic heterocycles. The molecule has 1 heterocycles. The Bertz CT molecular complexity index is 637. The van der Waals surface area contributed by atoms with E-state index in [1.54, 1.807) is 13.1 Å². The maximum atomic E-state index is 12.6. The fourth-order valence-electron chi connectivity index (χ4n) is 2.03. The molecule has 2 aromatic rings. The van der Waals surface area contributed by atoms with Gasteiger partial charge in [0.2, 0.25) is 0 Å². The van der Waals surface area contributed by atoms with Gasteiger partial charge < -0.3 is 10.0 Å². The predicted molar refractivity (Wildman–Crippen MR) is 76.6 cm³/mol. The van der Waals surface area contributed by atoms with Crippen molar-refractivity contribution in [3.8, 4) is 0 Å². The highest BCUT2D eigenvalue weighted by atomic mass is 16.4. The highest BCUT2D eigenvalue weighted by molar-refractivity contribution is 5.95. The number of carbonyl (C=O) groups excluding carboxylic acids is 1. The van der Waals surface area contributed by atoms with Crippen molar-refractivity contribution >= 4 is 11.9 Å². The summed E-state index contributed by atoms with van der Waals surface area (Å²) >= 11 is 0. The average Bonchev–Trinajstić information content (AvgIpc) is 2.90. The zero-order valence-electron chi connectivity index (χ0n) is 11.9. The van der Waals surface area contributed by atoms with Crippen molar-refractivity contribution in [3.63, 3.8) is 0 Å². The number of hydrogen-bond acceptors (Lipinski definition) is 3. The molecule has 2 rings (SSSR count). The van der Waals surface area contributed by atoms with Crippen molar-refractivity contribution in [3.05, 3.63) is 53.9 Å². The normalized spacial score (nSPS) is 11.9. The zero-order chi connectivity index (χ0) is 15.4. The number of amides is 1. The number of aliphatic carboxylic acids is 1. The molecule has 0 radical (unpaired) electrons. The van der Waals surface area contributed by atoms with Crippen LogP contribution in [0.25, 0.3) is 0 Å². The molecule has 0 spiro atoms. The second kappa shape index (κ2) is 6.21. The van der Waals surface area contributed by atoms with Crippen molar-refractivity contribution in [2.75, 3.05) is 0 Å². The SMILES string of the molecule is CC(C(=O)O)N(Cc1ccccc1)C(=O)c1ccnn1C. The van der Waals surface area contributed by atoms with E-state index in [1.807, 2.05) is 30.3 Å². The molecular weight excluding hydrogens is 270 g/mol. The van der Waals surface area contributed by atoms with Gasteiger partial charge in [0.25, 0.3) is 5.91 Å². The molecule has 1 amide bonds. The fraction of sp³-hybridized carbons (Fsp3) is 0.267. The van der Waals surface area contributed by atoms with Crippen molar-refractivity contribution in [2.24, 2.45) is 7.05 Å². The maximum absolute atomic E-state index is 12.6. The minimum Gasteiger partial charge on any atom is -0.480 e. The van der Waals surface area contributed by atoms with Crippen molar-refractivity contribution in [2.45, 2.75) is 19.5 Å². The molecule has 21 heavy (non-hydrogen) atoms. The predicted octanol–water partition coefficient (Wildman–Crippen LogP) is 1.54. The topological polar surface area (TPSA) is 75.4 Å². The molecule has 0 aliphatic rings. The van der Waals surface area contributed by atoms with Crippen molar-refractivity contribution < 1.29 is 14.7 Å². The van der Waals surface area contributed by atoms with Gasteiger partial charge in [-0.3, -0.25) is 9.48 Å². The number of carboxylic acid groups (broad SMARTS) is 1. The van der Waals surface area contributed by atoms with Crippen LogP contribution in [0.1, 0.15) is 23.0 Å². The van der Waals surface area contributed by atoms with E-state index in [9.17, 15) is 14.7 Å². The molecule has 1 aromatic carbocycles. The number of aromatic nitrogens is 2. The molecule has 6 heteroatoms. The third kappa shape index (κ3) is 3.28. The first kappa shape index (κ1) is 14.8. The number of benzene rings is 1. The Balaban J connectivity index is 2.30. The van der Waals surface area contributed by atoms with E-state index >= 15 is 0 Å². The number of carboxylic acids is 1. The van der Waals surface area contributed by atoms with E-state index in [-0.39, 0.29) is 12.5 Å². The third-order valence-corrected chi connectivity index (χ3v) is 3.32. The molecule has 1 atom stereocenters. The quantitative estimate of drug-likeness (QED) is 0.905. The number of hydrogen-bond donors (Lipinski definition) is 1. The summed E-state index contributed by atoms with van der Waals surface area (Å²) < 4.78 is 1.44. The van der Waals surface area contributed by atoms with Crippen LogP contribution in [0.5, 0.6) is 0 Å². The summed E-state index contributed by atoms with van der Waals surface area (Å²) in [6.45, 7) is 1.73. The lowest BCUT2D eigenvalue weighted by atomic mass is 10.1. The monoisotopic (exact) mass is 287 g/mol. The Hall–Kier alpha value is -2.63. The van der Waals surface area contributed by atoms with Crippen LogP contribution >= 0.6 is 0 Å². The zero-order valence-corrected chi connectivity index (χ0v) is 11.9. The number of nitrogens with zero attached hydrogens (tertiary/aromatic N) is 3. The molecule has 0 fully saturated rings. The van der Waals surface area contributed by atoms with Gasteiger partial charge in [-0.1, -0.05) is 30.3 Å². The Morgan fingerprint density at radius 2 is 1.95 bits per heavy atom. The van der Waals surface area contributed by atoms with Gasteiger partial charge in [-0.25, -0.2) is 4.79 Å². The van der Waals surface area contributed by atoms with Crippen LogP contribution in [0, 0.1) is 0 Å². The third-order valence-electron chi connectivity index (χ3n) is 3.32. The molecule has 0 aliphatic carbocycles. The molecule has 1 unspecified atom stereocenters. The summed E-state index contributed by atoms with van der Waals surface area (Å²) in [6, 6.07) is 9.95. The number of carbonyl (C=O) groups is 2. The molecule has 0 saturated carbocycles. The van der Waals surface area contributed by atoms with Gasteiger partial charge in [-0.2, -0.15) is 5.10 Å². The van der Waals surface area contributed by atoms with Gasteiger partial charge in [0.1, 0.15) is 11.7 Å². The molecule has 0 aliphatic heterocycles. The van der Waals surface area contributed by atoms with Crippen LogP contribution in [-0.2, 0) is 18.4 Å². The molecule has 110 valence electrons. The smallest absolute Gasteiger partial charge is 0.326 e. The Kier molecular flexibility index (Phi) is 4.37. The maximum Gasteiger partial charge on any atom is 0.326 e. The van der Waals surface area contributed by atoms with Gasteiger partial charge in [0, 0.05) is 19.8 Å². The first-order chi connectivity index (χ1) is 10.0. The van der Waals surface area contributed by atoms with E-state index < -0.39 is 12.0 Å². The van der Waals surface area contributed by atoms with Gasteiger partial charge in [-0.15, -0.1) is 0 Å². The van der Waals surface area contributed by atoms with E-state index in [2.05, 4.69) is 5.10 Å². The van der Waals surface area contributed by atoms with Crippen LogP contribution in [0.15, 0.2) is 42.6 Å². The molecule has 6 nitrogen and oxygen atoms in total. The second-order valence-corrected chi connectivity index (χ2v) is 4.77. The highest BCUT2D eigenvalue weighted by Crippen LogP contribution is 2.13. The first-order valence-electron chi connectivity index (χ1n) is 6.56. The lowest BCUT2D eigenvalue weighted by Crippen LogP contribution is -2.43. The number of rotatable bonds is 5. The highest BCUT2D eigenvalue weighted by Gasteiger charge is 2.28. The van der Waals surface area contributed by atoms with Crippen LogP contribution in [-0.4, -0.2) is 37.7 Å². The van der Waals surface area contributed by atoms with Gasteiger partial charge in [0.15, 0.2) is 0 Å². The molecule has 1 N–H and O–H groups in total. The summed E-state index contributed by atoms with van der Waals surface area (Å²) in [4.78, 5) is 25.2. The summed E-state index contributed by atoms with van der Waals surface area (Å²) in [5.41, 5.74) is 1.24. The summed E-state index contributed by atoms with van der Waals surface area (Å²) in [5.74, 6) is -1.39. The lowest BCUT2D eigenvalue weighted by Gasteiger charge is -2.26. The largest absolute Gasteiger partial charge is 0.480 e. The molecular formula is C15H17N3O3. The van der Waals surface area contributed by atoms with E-state index in [4.69, 9.17) is 0 Å². The standard InChI is InChI=1S/C15H17N3O3/c1-11(15(20)21)18(10-12-6-4-3-5-7-12)14(19)13-8-9-16-17(13)2/h3-9,11H,10H2,1-2H3,(H,20,21). The van der Waals surface area contributed by atoms with Crippen molar-refractivity contribution in [1.82, 2.24) is 14.7 Å². The Morgan fingerprint density at radius 1 is 1.29 bits per heavy atom.